The third kappa shape index (κ3) is 2.34. The van der Waals surface area contributed by atoms with Gasteiger partial charge in [-0.15, -0.1) is 0 Å². The van der Waals surface area contributed by atoms with Crippen LogP contribution in [0.4, 0.5) is 5.69 Å². The second-order valence-corrected chi connectivity index (χ2v) is 3.72. The molecule has 0 aliphatic carbocycles. The predicted octanol–water partition coefficient (Wildman–Crippen LogP) is 2.87. The van der Waals surface area contributed by atoms with E-state index in [0.717, 1.165) is 23.4 Å². The largest absolute Gasteiger partial charge is 0.497 e. The van der Waals surface area contributed by atoms with Gasteiger partial charge in [0.15, 0.2) is 0 Å². The minimum atomic E-state index is 0.846. The lowest BCUT2D eigenvalue weighted by atomic mass is 10.0. The van der Waals surface area contributed by atoms with Crippen molar-refractivity contribution in [1.82, 2.24) is 0 Å². The smallest absolute Gasteiger partial charge is 0.118 e. The zero-order valence-corrected chi connectivity index (χ0v) is 9.31. The molecular weight excluding hydrogens is 198 g/mol. The molecular formula is C14H15NO. The number of nitrogens with two attached hydrogens (primary N) is 1. The van der Waals surface area contributed by atoms with Crippen molar-refractivity contribution in [2.75, 3.05) is 12.8 Å². The van der Waals surface area contributed by atoms with Gasteiger partial charge in [0.2, 0.25) is 0 Å². The number of nitrogen functional groups attached to an aromatic ring is 1. The first-order valence-electron chi connectivity index (χ1n) is 5.26. The Bertz CT molecular complexity index is 462. The number of hydrogen-bond acceptors (Lipinski definition) is 2. The van der Waals surface area contributed by atoms with Crippen molar-refractivity contribution in [1.29, 1.82) is 0 Å². The molecule has 0 spiro atoms. The summed E-state index contributed by atoms with van der Waals surface area (Å²) in [5, 5.41) is 0. The van der Waals surface area contributed by atoms with Crippen molar-refractivity contribution in [2.45, 2.75) is 6.42 Å². The lowest BCUT2D eigenvalue weighted by Gasteiger charge is -2.06. The zero-order valence-electron chi connectivity index (χ0n) is 9.31. The number of ether oxygens (including phenoxy) is 1. The van der Waals surface area contributed by atoms with Gasteiger partial charge in [0, 0.05) is 5.69 Å². The van der Waals surface area contributed by atoms with Crippen LogP contribution in [-0.4, -0.2) is 7.11 Å². The molecule has 0 saturated carbocycles. The van der Waals surface area contributed by atoms with Crippen LogP contribution in [-0.2, 0) is 6.42 Å². The number of methoxy groups -OCH3 is 1. The van der Waals surface area contributed by atoms with Crippen LogP contribution in [0.3, 0.4) is 0 Å². The predicted molar refractivity (Wildman–Crippen MR) is 66.7 cm³/mol. The Labute approximate surface area is 95.7 Å². The SMILES string of the molecule is COc1ccc(Cc2ccccc2N)cc1. The topological polar surface area (TPSA) is 35.2 Å². The summed E-state index contributed by atoms with van der Waals surface area (Å²) < 4.78 is 5.12. The van der Waals surface area contributed by atoms with Crippen molar-refractivity contribution in [3.63, 3.8) is 0 Å². The molecule has 0 aliphatic heterocycles. The maximum Gasteiger partial charge on any atom is 0.118 e. The minimum absolute atomic E-state index is 0.846. The van der Waals surface area contributed by atoms with Gasteiger partial charge in [0.1, 0.15) is 5.75 Å². The first-order chi connectivity index (χ1) is 7.79. The molecule has 0 heterocycles. The lowest BCUT2D eigenvalue weighted by molar-refractivity contribution is 0.414. The van der Waals surface area contributed by atoms with Crippen molar-refractivity contribution < 1.29 is 4.74 Å². The Morgan fingerprint density at radius 1 is 1.00 bits per heavy atom. The van der Waals surface area contributed by atoms with Gasteiger partial charge < -0.3 is 10.5 Å². The molecule has 0 aromatic heterocycles. The van der Waals surface area contributed by atoms with Gasteiger partial charge in [-0.25, -0.2) is 0 Å². The Morgan fingerprint density at radius 3 is 2.31 bits per heavy atom. The Kier molecular flexibility index (Phi) is 3.10. The van der Waals surface area contributed by atoms with Crippen LogP contribution in [0.1, 0.15) is 11.1 Å². The molecule has 0 aliphatic rings. The van der Waals surface area contributed by atoms with Gasteiger partial charge in [-0.05, 0) is 35.7 Å². The van der Waals surface area contributed by atoms with Gasteiger partial charge in [-0.2, -0.15) is 0 Å². The molecule has 2 aromatic rings. The number of hydrogen-bond donors (Lipinski definition) is 1. The highest BCUT2D eigenvalue weighted by Gasteiger charge is 2.00. The second kappa shape index (κ2) is 4.71. The Balaban J connectivity index is 2.18. The maximum absolute atomic E-state index is 5.90. The fourth-order valence-corrected chi connectivity index (χ4v) is 1.66. The number of anilines is 1. The standard InChI is InChI=1S/C14H15NO/c1-16-13-8-6-11(7-9-13)10-12-4-2-3-5-14(12)15/h2-9H,10,15H2,1H3. The van der Waals surface area contributed by atoms with E-state index >= 15 is 0 Å². The van der Waals surface area contributed by atoms with E-state index in [2.05, 4.69) is 18.2 Å². The zero-order chi connectivity index (χ0) is 11.4. The van der Waals surface area contributed by atoms with Crippen molar-refractivity contribution >= 4 is 5.69 Å². The summed E-state index contributed by atoms with van der Waals surface area (Å²) in [5.41, 5.74) is 9.14. The highest BCUT2D eigenvalue weighted by atomic mass is 16.5. The van der Waals surface area contributed by atoms with Gasteiger partial charge in [0.05, 0.1) is 7.11 Å². The average Bonchev–Trinajstić information content (AvgIpc) is 2.33. The summed E-state index contributed by atoms with van der Waals surface area (Å²) in [6, 6.07) is 16.0. The number of rotatable bonds is 3. The fourth-order valence-electron chi connectivity index (χ4n) is 1.66. The van der Waals surface area contributed by atoms with E-state index in [0.29, 0.717) is 0 Å². The van der Waals surface area contributed by atoms with E-state index < -0.39 is 0 Å². The van der Waals surface area contributed by atoms with Crippen LogP contribution in [0.2, 0.25) is 0 Å². The molecule has 2 heteroatoms. The summed E-state index contributed by atoms with van der Waals surface area (Å²) in [6.45, 7) is 0. The highest BCUT2D eigenvalue weighted by molar-refractivity contribution is 5.48. The molecule has 2 aromatic carbocycles. The van der Waals surface area contributed by atoms with Gasteiger partial charge in [0.25, 0.3) is 0 Å². The fraction of sp³-hybridized carbons (Fsp3) is 0.143. The minimum Gasteiger partial charge on any atom is -0.497 e. The van der Waals surface area contributed by atoms with Crippen LogP contribution in [0, 0.1) is 0 Å². The second-order valence-electron chi connectivity index (χ2n) is 3.72. The summed E-state index contributed by atoms with van der Waals surface area (Å²) in [6.07, 6.45) is 0.858. The normalized spacial score (nSPS) is 10.1. The Morgan fingerprint density at radius 2 is 1.69 bits per heavy atom. The van der Waals surface area contributed by atoms with Crippen LogP contribution in [0.25, 0.3) is 0 Å². The molecule has 0 saturated heterocycles. The molecule has 0 bridgehead atoms. The molecule has 2 rings (SSSR count). The molecule has 0 atom stereocenters. The van der Waals surface area contributed by atoms with Crippen molar-refractivity contribution in [3.05, 3.63) is 59.7 Å². The van der Waals surface area contributed by atoms with E-state index in [1.165, 1.54) is 5.56 Å². The Hall–Kier alpha value is -1.96. The summed E-state index contributed by atoms with van der Waals surface area (Å²) in [5.74, 6) is 0.879. The molecule has 82 valence electrons. The monoisotopic (exact) mass is 213 g/mol. The molecule has 2 N–H and O–H groups in total. The summed E-state index contributed by atoms with van der Waals surface area (Å²) >= 11 is 0. The summed E-state index contributed by atoms with van der Waals surface area (Å²) in [7, 11) is 1.67. The number of benzene rings is 2. The van der Waals surface area contributed by atoms with Gasteiger partial charge in [-0.3, -0.25) is 0 Å². The van der Waals surface area contributed by atoms with E-state index in [1.807, 2.05) is 30.3 Å². The van der Waals surface area contributed by atoms with Gasteiger partial charge >= 0.3 is 0 Å². The average molecular weight is 213 g/mol. The number of para-hydroxylation sites is 1. The molecule has 0 fully saturated rings. The first-order valence-corrected chi connectivity index (χ1v) is 5.26. The van der Waals surface area contributed by atoms with Crippen molar-refractivity contribution in [2.24, 2.45) is 0 Å². The van der Waals surface area contributed by atoms with E-state index in [-0.39, 0.29) is 0 Å². The third-order valence-corrected chi connectivity index (χ3v) is 2.61. The van der Waals surface area contributed by atoms with Crippen molar-refractivity contribution in [3.8, 4) is 5.75 Å². The van der Waals surface area contributed by atoms with Crippen LogP contribution in [0.15, 0.2) is 48.5 Å². The lowest BCUT2D eigenvalue weighted by Crippen LogP contribution is -1.95. The summed E-state index contributed by atoms with van der Waals surface area (Å²) in [4.78, 5) is 0. The van der Waals surface area contributed by atoms with Crippen LogP contribution < -0.4 is 10.5 Å². The van der Waals surface area contributed by atoms with E-state index in [1.54, 1.807) is 7.11 Å². The molecule has 2 nitrogen and oxygen atoms in total. The van der Waals surface area contributed by atoms with E-state index in [9.17, 15) is 0 Å². The van der Waals surface area contributed by atoms with E-state index in [4.69, 9.17) is 10.5 Å². The molecule has 0 radical (unpaired) electrons. The first kappa shape index (κ1) is 10.6. The van der Waals surface area contributed by atoms with Crippen LogP contribution in [0.5, 0.6) is 5.75 Å². The third-order valence-electron chi connectivity index (χ3n) is 2.61. The quantitative estimate of drug-likeness (QED) is 0.796. The maximum atomic E-state index is 5.90. The van der Waals surface area contributed by atoms with Gasteiger partial charge in [-0.1, -0.05) is 30.3 Å². The molecule has 0 unspecified atom stereocenters. The molecule has 16 heavy (non-hydrogen) atoms. The highest BCUT2D eigenvalue weighted by Crippen LogP contribution is 2.18. The molecule has 0 amide bonds. The van der Waals surface area contributed by atoms with Crippen LogP contribution >= 0.6 is 0 Å².